The van der Waals surface area contributed by atoms with E-state index in [1.807, 2.05) is 0 Å². The first kappa shape index (κ1) is 13.3. The van der Waals surface area contributed by atoms with Gasteiger partial charge in [0.05, 0.1) is 0 Å². The molecule has 1 spiro atoms. The zero-order valence-electron chi connectivity index (χ0n) is 12.4. The highest BCUT2D eigenvalue weighted by Crippen LogP contribution is 2.53. The van der Waals surface area contributed by atoms with Gasteiger partial charge in [0.1, 0.15) is 0 Å². The third-order valence-corrected chi connectivity index (χ3v) is 6.08. The van der Waals surface area contributed by atoms with Crippen molar-refractivity contribution in [3.8, 4) is 0 Å². The van der Waals surface area contributed by atoms with Crippen LogP contribution in [0, 0.1) is 23.2 Å². The lowest BCUT2D eigenvalue weighted by Crippen LogP contribution is -2.31. The van der Waals surface area contributed by atoms with Gasteiger partial charge >= 0.3 is 0 Å². The molecule has 2 N–H and O–H groups in total. The van der Waals surface area contributed by atoms with Crippen molar-refractivity contribution in [1.29, 1.82) is 0 Å². The lowest BCUT2D eigenvalue weighted by atomic mass is 9.63. The molecular weight excluding hydrogens is 230 g/mol. The Kier molecular flexibility index (Phi) is 3.73. The first-order valence-electron chi connectivity index (χ1n) is 8.32. The molecule has 2 saturated carbocycles. The summed E-state index contributed by atoms with van der Waals surface area (Å²) in [6.07, 6.45) is 19.9. The fraction of sp³-hybridized carbons (Fsp3) is 0.778. The molecule has 0 aliphatic heterocycles. The van der Waals surface area contributed by atoms with Gasteiger partial charge < -0.3 is 5.73 Å². The predicted octanol–water partition coefficient (Wildman–Crippen LogP) is 4.79. The van der Waals surface area contributed by atoms with Gasteiger partial charge in [0.25, 0.3) is 0 Å². The Morgan fingerprint density at radius 3 is 2.68 bits per heavy atom. The minimum absolute atomic E-state index is 0.738. The van der Waals surface area contributed by atoms with Crippen LogP contribution in [0.25, 0.3) is 0 Å². The molecule has 3 aliphatic carbocycles. The van der Waals surface area contributed by atoms with E-state index in [0.29, 0.717) is 0 Å². The number of hydrogen-bond donors (Lipinski definition) is 1. The van der Waals surface area contributed by atoms with E-state index in [1.54, 1.807) is 0 Å². The van der Waals surface area contributed by atoms with E-state index < -0.39 is 0 Å². The number of nitrogens with two attached hydrogens (primary N) is 1. The monoisotopic (exact) mass is 259 g/mol. The van der Waals surface area contributed by atoms with Crippen LogP contribution in [-0.4, -0.2) is 0 Å². The second-order valence-electron chi connectivity index (χ2n) is 7.42. The van der Waals surface area contributed by atoms with Crippen LogP contribution in [0.3, 0.4) is 0 Å². The fourth-order valence-electron chi connectivity index (χ4n) is 4.99. The summed E-state index contributed by atoms with van der Waals surface area (Å²) in [4.78, 5) is 0. The van der Waals surface area contributed by atoms with Crippen molar-refractivity contribution in [2.75, 3.05) is 0 Å². The average Bonchev–Trinajstić information content (AvgIpc) is 2.77. The van der Waals surface area contributed by atoms with Crippen LogP contribution in [0.4, 0.5) is 0 Å². The molecule has 19 heavy (non-hydrogen) atoms. The van der Waals surface area contributed by atoms with Crippen LogP contribution in [0.2, 0.25) is 0 Å². The molecule has 1 heteroatoms. The van der Waals surface area contributed by atoms with Gasteiger partial charge in [0.2, 0.25) is 0 Å². The molecule has 3 atom stereocenters. The predicted molar refractivity (Wildman–Crippen MR) is 81.5 cm³/mol. The van der Waals surface area contributed by atoms with Crippen LogP contribution in [0.5, 0.6) is 0 Å². The first-order valence-corrected chi connectivity index (χ1v) is 8.32. The Morgan fingerprint density at radius 1 is 1.16 bits per heavy atom. The third-order valence-electron chi connectivity index (χ3n) is 6.08. The van der Waals surface area contributed by atoms with Crippen LogP contribution in [-0.2, 0) is 0 Å². The Labute approximate surface area is 118 Å². The highest BCUT2D eigenvalue weighted by atomic mass is 14.6. The van der Waals surface area contributed by atoms with Gasteiger partial charge in [-0.25, -0.2) is 0 Å². The van der Waals surface area contributed by atoms with Crippen LogP contribution < -0.4 is 5.73 Å². The Morgan fingerprint density at radius 2 is 1.89 bits per heavy atom. The molecule has 0 aromatic heterocycles. The molecule has 3 aliphatic rings. The summed E-state index contributed by atoms with van der Waals surface area (Å²) in [5, 5.41) is 0. The SMILES string of the molecule is CC1CC=C(N)C=CC1C1CCCC2(CCCC2)C1. The van der Waals surface area contributed by atoms with E-state index in [1.165, 1.54) is 51.4 Å². The molecule has 0 radical (unpaired) electrons. The molecule has 0 aromatic carbocycles. The first-order chi connectivity index (χ1) is 9.19. The molecule has 0 amide bonds. The summed E-state index contributed by atoms with van der Waals surface area (Å²) in [5.41, 5.74) is 7.69. The summed E-state index contributed by atoms with van der Waals surface area (Å²) in [6.45, 7) is 2.42. The zero-order valence-corrected chi connectivity index (χ0v) is 12.4. The van der Waals surface area contributed by atoms with E-state index in [0.717, 1.165) is 35.3 Å². The molecule has 1 nitrogen and oxygen atoms in total. The van der Waals surface area contributed by atoms with E-state index in [2.05, 4.69) is 25.2 Å². The molecule has 0 bridgehead atoms. The van der Waals surface area contributed by atoms with Gasteiger partial charge in [-0.2, -0.15) is 0 Å². The maximum absolute atomic E-state index is 5.98. The maximum Gasteiger partial charge on any atom is 0.0270 e. The van der Waals surface area contributed by atoms with Crippen LogP contribution in [0.15, 0.2) is 23.9 Å². The van der Waals surface area contributed by atoms with Gasteiger partial charge in [-0.3, -0.25) is 0 Å². The highest BCUT2D eigenvalue weighted by molar-refractivity contribution is 5.19. The van der Waals surface area contributed by atoms with Crippen molar-refractivity contribution in [2.24, 2.45) is 28.9 Å². The molecule has 106 valence electrons. The van der Waals surface area contributed by atoms with Crippen molar-refractivity contribution in [3.05, 3.63) is 23.9 Å². The third kappa shape index (κ3) is 2.75. The van der Waals surface area contributed by atoms with E-state index in [9.17, 15) is 0 Å². The van der Waals surface area contributed by atoms with Crippen molar-refractivity contribution in [1.82, 2.24) is 0 Å². The normalized spacial score (nSPS) is 38.2. The second-order valence-corrected chi connectivity index (χ2v) is 7.42. The van der Waals surface area contributed by atoms with Crippen molar-refractivity contribution < 1.29 is 0 Å². The quantitative estimate of drug-likeness (QED) is 0.719. The van der Waals surface area contributed by atoms with Gasteiger partial charge in [0.15, 0.2) is 0 Å². The molecule has 3 unspecified atom stereocenters. The van der Waals surface area contributed by atoms with Gasteiger partial charge in [-0.15, -0.1) is 0 Å². The number of allylic oxidation sites excluding steroid dienone is 3. The molecule has 0 heterocycles. The lowest BCUT2D eigenvalue weighted by Gasteiger charge is -2.42. The molecular formula is C18H29N. The molecule has 3 rings (SSSR count). The summed E-state index contributed by atoms with van der Waals surface area (Å²) in [6, 6.07) is 0. The van der Waals surface area contributed by atoms with Gasteiger partial charge in [0, 0.05) is 5.70 Å². The Bertz CT molecular complexity index is 373. The minimum Gasteiger partial charge on any atom is -0.399 e. The smallest absolute Gasteiger partial charge is 0.0270 e. The second kappa shape index (κ2) is 5.34. The van der Waals surface area contributed by atoms with Gasteiger partial charge in [-0.1, -0.05) is 38.3 Å². The van der Waals surface area contributed by atoms with Crippen LogP contribution in [0.1, 0.15) is 64.7 Å². The summed E-state index contributed by atoms with van der Waals surface area (Å²) >= 11 is 0. The van der Waals surface area contributed by atoms with Crippen molar-refractivity contribution >= 4 is 0 Å². The maximum atomic E-state index is 5.98. The van der Waals surface area contributed by atoms with Crippen LogP contribution >= 0.6 is 0 Å². The van der Waals surface area contributed by atoms with E-state index in [-0.39, 0.29) is 0 Å². The van der Waals surface area contributed by atoms with E-state index >= 15 is 0 Å². The highest BCUT2D eigenvalue weighted by Gasteiger charge is 2.41. The summed E-state index contributed by atoms with van der Waals surface area (Å²) in [7, 11) is 0. The minimum atomic E-state index is 0.738. The zero-order chi connectivity index (χ0) is 13.3. The summed E-state index contributed by atoms with van der Waals surface area (Å²) in [5.74, 6) is 2.44. The fourth-order valence-corrected chi connectivity index (χ4v) is 4.99. The number of rotatable bonds is 1. The Balaban J connectivity index is 1.72. The van der Waals surface area contributed by atoms with Crippen molar-refractivity contribution in [3.63, 3.8) is 0 Å². The summed E-state index contributed by atoms with van der Waals surface area (Å²) < 4.78 is 0. The lowest BCUT2D eigenvalue weighted by molar-refractivity contribution is 0.104. The van der Waals surface area contributed by atoms with Gasteiger partial charge in [-0.05, 0) is 67.8 Å². The molecule has 0 aromatic rings. The van der Waals surface area contributed by atoms with E-state index in [4.69, 9.17) is 5.73 Å². The molecule has 2 fully saturated rings. The average molecular weight is 259 g/mol. The largest absolute Gasteiger partial charge is 0.399 e. The molecule has 0 saturated heterocycles. The Hall–Kier alpha value is -0.720. The topological polar surface area (TPSA) is 26.0 Å². The number of hydrogen-bond acceptors (Lipinski definition) is 1. The van der Waals surface area contributed by atoms with Crippen molar-refractivity contribution in [2.45, 2.75) is 64.7 Å². The standard InChI is InChI=1S/C18H29N/c1-14-6-7-16(19)8-9-17(14)15-5-4-12-18(13-15)10-2-3-11-18/h7-9,14-15,17H,2-6,10-13,19H2,1H3.